The molecule has 1 atom stereocenters. The summed E-state index contributed by atoms with van der Waals surface area (Å²) >= 11 is 0. The van der Waals surface area contributed by atoms with Crippen LogP contribution in [0.5, 0.6) is 0 Å². The molecule has 1 heterocycles. The van der Waals surface area contributed by atoms with Crippen molar-refractivity contribution in [1.82, 2.24) is 10.2 Å². The fourth-order valence-corrected chi connectivity index (χ4v) is 3.71. The third-order valence-electron chi connectivity index (χ3n) is 4.00. The lowest BCUT2D eigenvalue weighted by molar-refractivity contribution is -0.162. The Balaban J connectivity index is 2.27. The van der Waals surface area contributed by atoms with Crippen molar-refractivity contribution in [2.45, 2.75) is 32.9 Å². The number of hydrogen-bond donors (Lipinski definition) is 3. The summed E-state index contributed by atoms with van der Waals surface area (Å²) in [5.41, 5.74) is 1.73. The maximum absolute atomic E-state index is 11.8. The number of aryl methyl sites for hydroxylation is 2. The molecule has 25 heavy (non-hydrogen) atoms. The first-order valence-electron chi connectivity index (χ1n) is 7.66. The molecule has 0 radical (unpaired) electrons. The Labute approximate surface area is 145 Å². The van der Waals surface area contributed by atoms with E-state index in [1.165, 1.54) is 6.92 Å². The zero-order valence-electron chi connectivity index (χ0n) is 14.2. The van der Waals surface area contributed by atoms with E-state index in [-0.39, 0.29) is 13.0 Å². The van der Waals surface area contributed by atoms with Gasteiger partial charge in [0.25, 0.3) is 0 Å². The van der Waals surface area contributed by atoms with Crippen LogP contribution in [0.25, 0.3) is 11.1 Å². The van der Waals surface area contributed by atoms with Crippen LogP contribution < -0.4 is 0 Å². The quantitative estimate of drug-likeness (QED) is 0.407. The second-order valence-corrected chi connectivity index (χ2v) is 7.66. The standard InChI is InChI=1S/C16H21N2O6P/c1-10-16(11(2)24-17-10)14-6-4-13(5-7-14)15(25(21,22)23)8-9-18(20)12(3)19/h4-7,15,20H,8-9H2,1-3H3,(H2,21,22,23). The highest BCUT2D eigenvalue weighted by Gasteiger charge is 2.31. The van der Waals surface area contributed by atoms with Crippen molar-refractivity contribution < 1.29 is 28.9 Å². The molecular formula is C16H21N2O6P. The van der Waals surface area contributed by atoms with Gasteiger partial charge in [-0.25, -0.2) is 5.06 Å². The molecule has 0 bridgehead atoms. The van der Waals surface area contributed by atoms with Crippen LogP contribution in [0.3, 0.4) is 0 Å². The lowest BCUT2D eigenvalue weighted by Gasteiger charge is -2.21. The normalized spacial score (nSPS) is 12.9. The van der Waals surface area contributed by atoms with E-state index >= 15 is 0 Å². The van der Waals surface area contributed by atoms with Gasteiger partial charge in [-0.15, -0.1) is 0 Å². The predicted molar refractivity (Wildman–Crippen MR) is 90.0 cm³/mol. The van der Waals surface area contributed by atoms with Crippen LogP contribution in [0, 0.1) is 13.8 Å². The summed E-state index contributed by atoms with van der Waals surface area (Å²) in [5, 5.41) is 13.8. The molecule has 136 valence electrons. The molecule has 1 aromatic heterocycles. The second-order valence-electron chi connectivity index (χ2n) is 5.86. The van der Waals surface area contributed by atoms with Crippen molar-refractivity contribution in [3.8, 4) is 11.1 Å². The van der Waals surface area contributed by atoms with Crippen molar-refractivity contribution in [3.63, 3.8) is 0 Å². The zero-order valence-corrected chi connectivity index (χ0v) is 15.1. The van der Waals surface area contributed by atoms with E-state index in [4.69, 9.17) is 4.52 Å². The topological polar surface area (TPSA) is 124 Å². The Kier molecular flexibility index (Phi) is 5.80. The summed E-state index contributed by atoms with van der Waals surface area (Å²) < 4.78 is 16.9. The maximum Gasteiger partial charge on any atom is 0.333 e. The smallest absolute Gasteiger partial charge is 0.333 e. The van der Waals surface area contributed by atoms with Gasteiger partial charge in [-0.1, -0.05) is 29.4 Å². The van der Waals surface area contributed by atoms with Crippen molar-refractivity contribution in [1.29, 1.82) is 0 Å². The van der Waals surface area contributed by atoms with E-state index in [0.29, 0.717) is 16.4 Å². The van der Waals surface area contributed by atoms with E-state index in [0.717, 1.165) is 16.8 Å². The number of amides is 1. The minimum absolute atomic E-state index is 0.0645. The van der Waals surface area contributed by atoms with Crippen LogP contribution in [0.4, 0.5) is 0 Å². The lowest BCUT2D eigenvalue weighted by Crippen LogP contribution is -2.26. The Hall–Kier alpha value is -1.99. The molecule has 8 nitrogen and oxygen atoms in total. The number of hydroxylamine groups is 2. The highest BCUT2D eigenvalue weighted by Crippen LogP contribution is 2.53. The summed E-state index contributed by atoms with van der Waals surface area (Å²) in [6, 6.07) is 6.74. The van der Waals surface area contributed by atoms with Crippen molar-refractivity contribution in [2.75, 3.05) is 6.54 Å². The molecular weight excluding hydrogens is 347 g/mol. The Morgan fingerprint density at radius 2 is 1.88 bits per heavy atom. The highest BCUT2D eigenvalue weighted by atomic mass is 31.2. The summed E-state index contributed by atoms with van der Waals surface area (Å²) in [6.07, 6.45) is -0.0645. The SMILES string of the molecule is CC(=O)N(O)CCC(c1ccc(-c2c(C)noc2C)cc1)P(=O)(O)O. The van der Waals surface area contributed by atoms with E-state index < -0.39 is 19.2 Å². The van der Waals surface area contributed by atoms with Gasteiger partial charge in [0.15, 0.2) is 0 Å². The number of benzene rings is 1. The highest BCUT2D eigenvalue weighted by molar-refractivity contribution is 7.52. The molecule has 1 aromatic carbocycles. The molecule has 0 spiro atoms. The van der Waals surface area contributed by atoms with Crippen LogP contribution in [-0.4, -0.2) is 37.7 Å². The molecule has 0 aliphatic rings. The van der Waals surface area contributed by atoms with E-state index in [1.54, 1.807) is 31.2 Å². The first-order chi connectivity index (χ1) is 11.6. The Morgan fingerprint density at radius 3 is 2.32 bits per heavy atom. The minimum Gasteiger partial charge on any atom is -0.361 e. The van der Waals surface area contributed by atoms with E-state index in [9.17, 15) is 24.4 Å². The number of hydrogen-bond acceptors (Lipinski definition) is 5. The van der Waals surface area contributed by atoms with Gasteiger partial charge in [-0.05, 0) is 31.4 Å². The molecule has 0 saturated carbocycles. The molecule has 0 aliphatic heterocycles. The molecule has 9 heteroatoms. The van der Waals surface area contributed by atoms with Crippen molar-refractivity contribution in [2.24, 2.45) is 0 Å². The Morgan fingerprint density at radius 1 is 1.28 bits per heavy atom. The first kappa shape index (κ1) is 19.3. The number of rotatable bonds is 6. The molecule has 3 N–H and O–H groups in total. The molecule has 1 amide bonds. The fourth-order valence-electron chi connectivity index (χ4n) is 2.70. The maximum atomic E-state index is 11.8. The van der Waals surface area contributed by atoms with Gasteiger partial charge < -0.3 is 14.3 Å². The lowest BCUT2D eigenvalue weighted by atomic mass is 10.0. The molecule has 0 saturated heterocycles. The van der Waals surface area contributed by atoms with Gasteiger partial charge in [0.2, 0.25) is 5.91 Å². The van der Waals surface area contributed by atoms with Crippen LogP contribution in [0.2, 0.25) is 0 Å². The number of carbonyl (C=O) groups is 1. The average molecular weight is 368 g/mol. The third-order valence-corrected chi connectivity index (χ3v) is 5.37. The zero-order chi connectivity index (χ0) is 18.8. The van der Waals surface area contributed by atoms with Crippen molar-refractivity contribution in [3.05, 3.63) is 41.3 Å². The van der Waals surface area contributed by atoms with E-state index in [1.807, 2.05) is 6.92 Å². The van der Waals surface area contributed by atoms with E-state index in [2.05, 4.69) is 5.16 Å². The number of aromatic nitrogens is 1. The second kappa shape index (κ2) is 7.49. The number of carbonyl (C=O) groups excluding carboxylic acids is 1. The van der Waals surface area contributed by atoms with Gasteiger partial charge in [0, 0.05) is 19.0 Å². The monoisotopic (exact) mass is 368 g/mol. The fraction of sp³-hybridized carbons (Fsp3) is 0.375. The van der Waals surface area contributed by atoms with Crippen LogP contribution in [-0.2, 0) is 9.36 Å². The van der Waals surface area contributed by atoms with Crippen LogP contribution in [0.15, 0.2) is 28.8 Å². The average Bonchev–Trinajstić information content (AvgIpc) is 2.85. The summed E-state index contributed by atoms with van der Waals surface area (Å²) in [7, 11) is -4.46. The van der Waals surface area contributed by atoms with Crippen molar-refractivity contribution >= 4 is 13.5 Å². The third kappa shape index (κ3) is 4.55. The first-order valence-corrected chi connectivity index (χ1v) is 9.34. The Bertz CT molecular complexity index is 776. The summed E-state index contributed by atoms with van der Waals surface area (Å²) in [6.45, 7) is 4.61. The van der Waals surface area contributed by atoms with Gasteiger partial charge >= 0.3 is 7.60 Å². The van der Waals surface area contributed by atoms with Gasteiger partial charge in [0.05, 0.1) is 11.4 Å². The minimum atomic E-state index is -4.46. The molecule has 1 unspecified atom stereocenters. The molecule has 0 aliphatic carbocycles. The van der Waals surface area contributed by atoms with Gasteiger partial charge in [-0.3, -0.25) is 14.6 Å². The summed E-state index contributed by atoms with van der Waals surface area (Å²) in [5.74, 6) is 0.0763. The van der Waals surface area contributed by atoms with Crippen LogP contribution >= 0.6 is 7.60 Å². The molecule has 2 rings (SSSR count). The molecule has 0 fully saturated rings. The summed E-state index contributed by atoms with van der Waals surface area (Å²) in [4.78, 5) is 30.3. The largest absolute Gasteiger partial charge is 0.361 e. The van der Waals surface area contributed by atoms with Crippen LogP contribution in [0.1, 0.15) is 36.0 Å². The number of nitrogens with zero attached hydrogens (tertiary/aromatic N) is 2. The predicted octanol–water partition coefficient (Wildman–Crippen LogP) is 2.81. The van der Waals surface area contributed by atoms with Gasteiger partial charge in [-0.2, -0.15) is 0 Å². The van der Waals surface area contributed by atoms with Gasteiger partial charge in [0.1, 0.15) is 5.76 Å². The molecule has 2 aromatic rings.